The predicted molar refractivity (Wildman–Crippen MR) is 103 cm³/mol. The topological polar surface area (TPSA) is 163 Å². The summed E-state index contributed by atoms with van der Waals surface area (Å²) < 4.78 is 66.4. The first-order valence-electron chi connectivity index (χ1n) is 7.95. The van der Waals surface area contributed by atoms with Crippen LogP contribution >= 0.6 is 12.0 Å². The Morgan fingerprint density at radius 3 is 2.25 bits per heavy atom. The fraction of sp³-hybridized carbons (Fsp3) is 0.0625. The Labute approximate surface area is 212 Å². The molecule has 3 rings (SSSR count). The molecule has 3 aromatic rings. The molecule has 0 unspecified atom stereocenters. The van der Waals surface area contributed by atoms with Crippen LogP contribution in [0.25, 0.3) is 16.9 Å². The minimum atomic E-state index is -4.97. The molecule has 0 aliphatic carbocycles. The van der Waals surface area contributed by atoms with Gasteiger partial charge in [0.15, 0.2) is 0 Å². The zero-order valence-electron chi connectivity index (χ0n) is 17.1. The fourth-order valence-electron chi connectivity index (χ4n) is 2.56. The number of sulfonamides is 1. The number of rotatable bonds is 8. The van der Waals surface area contributed by atoms with E-state index in [-0.39, 0.29) is 54.1 Å². The molecule has 0 spiro atoms. The quantitative estimate of drug-likeness (QED) is 0.108. The zero-order chi connectivity index (χ0) is 21.9. The van der Waals surface area contributed by atoms with Gasteiger partial charge in [-0.05, 0) is 18.2 Å². The van der Waals surface area contributed by atoms with Gasteiger partial charge in [-0.25, -0.2) is 21.5 Å². The SMILES string of the molecule is CS(=O)(=O)Nc1cc(-c2ccccc2)nn1-c1cc(SOO[O-])ccc1S(=O)(=O)[O-].[Li+].[Li+]. The molecule has 0 radical (unpaired) electrons. The fourth-order valence-corrected chi connectivity index (χ4v) is 4.11. The van der Waals surface area contributed by atoms with Crippen molar-refractivity contribution in [3.05, 3.63) is 54.6 Å². The van der Waals surface area contributed by atoms with Crippen LogP contribution in [0.3, 0.4) is 0 Å². The van der Waals surface area contributed by atoms with Gasteiger partial charge < -0.3 is 9.81 Å². The van der Waals surface area contributed by atoms with Gasteiger partial charge in [-0.15, -0.1) is 0 Å². The summed E-state index contributed by atoms with van der Waals surface area (Å²) in [4.78, 5) is -0.468. The first kappa shape index (κ1) is 28.8. The number of benzene rings is 2. The van der Waals surface area contributed by atoms with Crippen molar-refractivity contribution in [2.24, 2.45) is 0 Å². The van der Waals surface area contributed by atoms with Crippen molar-refractivity contribution in [1.29, 1.82) is 0 Å². The second-order valence-corrected chi connectivity index (χ2v) is 9.74. The maximum atomic E-state index is 11.8. The van der Waals surface area contributed by atoms with Gasteiger partial charge in [0, 0.05) is 16.5 Å². The van der Waals surface area contributed by atoms with Crippen molar-refractivity contribution in [3.63, 3.8) is 0 Å². The summed E-state index contributed by atoms with van der Waals surface area (Å²) in [5.41, 5.74) is 0.680. The number of anilines is 1. The van der Waals surface area contributed by atoms with E-state index in [4.69, 9.17) is 0 Å². The van der Waals surface area contributed by atoms with Crippen LogP contribution < -0.4 is 47.7 Å². The summed E-state index contributed by atoms with van der Waals surface area (Å²) in [6, 6.07) is 13.5. The Morgan fingerprint density at radius 2 is 1.69 bits per heavy atom. The molecule has 0 saturated carbocycles. The van der Waals surface area contributed by atoms with Crippen LogP contribution in [0.15, 0.2) is 64.4 Å². The van der Waals surface area contributed by atoms with Crippen LogP contribution in [-0.4, -0.2) is 37.4 Å². The molecule has 1 aromatic heterocycles. The minimum absolute atomic E-state index is 0. The molecule has 1 heterocycles. The Morgan fingerprint density at radius 1 is 1.03 bits per heavy atom. The molecule has 32 heavy (non-hydrogen) atoms. The Hall–Kier alpha value is -1.27. The van der Waals surface area contributed by atoms with Crippen LogP contribution in [0.1, 0.15) is 0 Å². The number of nitrogens with zero attached hydrogens (tertiary/aromatic N) is 2. The summed E-state index contributed by atoms with van der Waals surface area (Å²) in [6.45, 7) is 0. The molecule has 0 bridgehead atoms. The Bertz CT molecular complexity index is 1270. The number of hydrogen-bond donors (Lipinski definition) is 1. The van der Waals surface area contributed by atoms with Gasteiger partial charge >= 0.3 is 37.7 Å². The van der Waals surface area contributed by atoms with Crippen LogP contribution in [0.5, 0.6) is 0 Å². The summed E-state index contributed by atoms with van der Waals surface area (Å²) in [5.74, 6) is -0.107. The first-order chi connectivity index (χ1) is 14.1. The normalized spacial score (nSPS) is 11.3. The van der Waals surface area contributed by atoms with Crippen molar-refractivity contribution >= 4 is 38.0 Å². The van der Waals surface area contributed by atoms with Crippen molar-refractivity contribution in [3.8, 4) is 16.9 Å². The van der Waals surface area contributed by atoms with Crippen molar-refractivity contribution in [1.82, 2.24) is 9.78 Å². The van der Waals surface area contributed by atoms with E-state index in [1.54, 1.807) is 30.3 Å². The van der Waals surface area contributed by atoms with Crippen molar-refractivity contribution in [2.45, 2.75) is 9.79 Å². The molecule has 16 heteroatoms. The molecule has 0 amide bonds. The molecule has 0 aliphatic heterocycles. The molecule has 0 atom stereocenters. The molecule has 0 fully saturated rings. The van der Waals surface area contributed by atoms with Gasteiger partial charge in [-0.2, -0.15) is 9.43 Å². The van der Waals surface area contributed by atoms with Crippen LogP contribution in [0.2, 0.25) is 0 Å². The van der Waals surface area contributed by atoms with Gasteiger partial charge in [-0.1, -0.05) is 30.3 Å². The Kier molecular flexibility index (Phi) is 10.6. The van der Waals surface area contributed by atoms with E-state index in [1.807, 2.05) is 0 Å². The van der Waals surface area contributed by atoms with Gasteiger partial charge in [-0.3, -0.25) is 9.76 Å². The van der Waals surface area contributed by atoms with E-state index < -0.39 is 25.0 Å². The third-order valence-electron chi connectivity index (χ3n) is 3.65. The van der Waals surface area contributed by atoms with Gasteiger partial charge in [0.2, 0.25) is 10.0 Å². The van der Waals surface area contributed by atoms with Crippen LogP contribution in [-0.2, 0) is 29.5 Å². The van der Waals surface area contributed by atoms with Gasteiger partial charge in [0.1, 0.15) is 15.9 Å². The maximum absolute atomic E-state index is 11.8. The molecule has 160 valence electrons. The second kappa shape index (κ2) is 11.7. The standard InChI is InChI=1S/C16H15N3O8S3.2Li/c1-29(21,22)18-16-10-13(11-5-3-2-4-6-11)17-19(16)14-9-12(28-27-26-20)7-8-15(14)30(23,24)25;;/h2-10,18,20H,1H3,(H,23,24,25);;/q;2*+1/p-2. The summed E-state index contributed by atoms with van der Waals surface area (Å²) in [5, 5.41) is 17.6. The molecule has 2 aromatic carbocycles. The van der Waals surface area contributed by atoms with E-state index in [0.717, 1.165) is 17.0 Å². The second-order valence-electron chi connectivity index (χ2n) is 5.87. The molecule has 0 aliphatic rings. The van der Waals surface area contributed by atoms with Crippen LogP contribution in [0, 0.1) is 0 Å². The van der Waals surface area contributed by atoms with Gasteiger partial charge in [0.05, 0.1) is 34.6 Å². The van der Waals surface area contributed by atoms with E-state index >= 15 is 0 Å². The number of hydrogen-bond acceptors (Lipinski definition) is 10. The van der Waals surface area contributed by atoms with Crippen LogP contribution in [0.4, 0.5) is 5.82 Å². The third kappa shape index (κ3) is 7.38. The summed E-state index contributed by atoms with van der Waals surface area (Å²) in [6.07, 6.45) is 0.906. The molecular weight excluding hydrogens is 472 g/mol. The monoisotopic (exact) mass is 485 g/mol. The Balaban J connectivity index is 0.00000256. The van der Waals surface area contributed by atoms with E-state index in [0.29, 0.717) is 23.3 Å². The molecular formula is C16H13Li2N3O8S3. The zero-order valence-corrected chi connectivity index (χ0v) is 19.5. The minimum Gasteiger partial charge on any atom is -0.744 e. The smallest absolute Gasteiger partial charge is 0.744 e. The average molecular weight is 485 g/mol. The molecule has 11 nitrogen and oxygen atoms in total. The van der Waals surface area contributed by atoms with E-state index in [2.05, 4.69) is 19.2 Å². The molecule has 0 saturated heterocycles. The third-order valence-corrected chi connectivity index (χ3v) is 5.69. The van der Waals surface area contributed by atoms with Gasteiger partial charge in [0.25, 0.3) is 0 Å². The summed E-state index contributed by atoms with van der Waals surface area (Å²) >= 11 is 0.459. The average Bonchev–Trinajstić information content (AvgIpc) is 3.08. The number of nitrogens with one attached hydrogen (secondary N) is 1. The van der Waals surface area contributed by atoms with E-state index in [1.165, 1.54) is 18.2 Å². The number of aromatic nitrogens is 2. The predicted octanol–water partition coefficient (Wildman–Crippen LogP) is -4.95. The largest absolute Gasteiger partial charge is 1.00 e. The first-order valence-corrected chi connectivity index (χ1v) is 12.0. The van der Waals surface area contributed by atoms with E-state index in [9.17, 15) is 26.6 Å². The van der Waals surface area contributed by atoms with Crippen molar-refractivity contribution in [2.75, 3.05) is 11.0 Å². The maximum Gasteiger partial charge on any atom is 1.00 e. The summed E-state index contributed by atoms with van der Waals surface area (Å²) in [7, 11) is -8.74. The van der Waals surface area contributed by atoms with Crippen molar-refractivity contribution < 1.29 is 73.7 Å². The molecule has 1 N–H and O–H groups in total.